The molecule has 0 saturated heterocycles. The Kier molecular flexibility index (Phi) is 5.12. The standard InChI is InChI=1S/C22H27N3O/c1-15-7-6-8-18(25-15)21(24-14-22(2,3)4)20(23-5)17-10-9-16-11-12-26-19(16)13-17/h6-10,13,24H,5,11-12,14H2,1-4H3/b21-20-. The highest BCUT2D eigenvalue weighted by Gasteiger charge is 2.19. The summed E-state index contributed by atoms with van der Waals surface area (Å²) in [5.74, 6) is 0.941. The number of hydrogen-bond acceptors (Lipinski definition) is 4. The molecule has 1 aliphatic rings. The molecular formula is C22H27N3O. The number of aromatic nitrogens is 1. The van der Waals surface area contributed by atoms with Gasteiger partial charge in [-0.05, 0) is 42.8 Å². The summed E-state index contributed by atoms with van der Waals surface area (Å²) in [6, 6.07) is 12.3. The van der Waals surface area contributed by atoms with Crippen molar-refractivity contribution in [3.05, 3.63) is 58.9 Å². The minimum Gasteiger partial charge on any atom is -0.493 e. The van der Waals surface area contributed by atoms with Crippen molar-refractivity contribution < 1.29 is 4.74 Å². The van der Waals surface area contributed by atoms with Gasteiger partial charge < -0.3 is 10.1 Å². The fourth-order valence-electron chi connectivity index (χ4n) is 2.96. The maximum absolute atomic E-state index is 5.73. The summed E-state index contributed by atoms with van der Waals surface area (Å²) in [5, 5.41) is 3.56. The fraction of sp³-hybridized carbons (Fsp3) is 0.364. The summed E-state index contributed by atoms with van der Waals surface area (Å²) in [4.78, 5) is 9.06. The lowest BCUT2D eigenvalue weighted by molar-refractivity contribution is 0.356. The zero-order valence-electron chi connectivity index (χ0n) is 16.1. The Bertz CT molecular complexity index is 847. The molecule has 1 aromatic heterocycles. The monoisotopic (exact) mass is 349 g/mol. The topological polar surface area (TPSA) is 46.5 Å². The van der Waals surface area contributed by atoms with E-state index in [-0.39, 0.29) is 5.41 Å². The molecule has 1 aromatic carbocycles. The van der Waals surface area contributed by atoms with Crippen LogP contribution in [0.3, 0.4) is 0 Å². The van der Waals surface area contributed by atoms with Gasteiger partial charge in [0.05, 0.1) is 23.7 Å². The van der Waals surface area contributed by atoms with Crippen LogP contribution in [-0.4, -0.2) is 24.9 Å². The lowest BCUT2D eigenvalue weighted by Crippen LogP contribution is -2.26. The number of aliphatic imine (C=N–C) groups is 1. The molecule has 0 aliphatic carbocycles. The Labute approximate surface area is 156 Å². The second-order valence-corrected chi connectivity index (χ2v) is 7.88. The molecule has 0 radical (unpaired) electrons. The third-order valence-electron chi connectivity index (χ3n) is 4.30. The third kappa shape index (κ3) is 4.13. The summed E-state index contributed by atoms with van der Waals surface area (Å²) in [6.45, 7) is 14.0. The van der Waals surface area contributed by atoms with Crippen molar-refractivity contribution >= 4 is 18.1 Å². The largest absolute Gasteiger partial charge is 0.493 e. The number of pyridine rings is 1. The Morgan fingerprint density at radius 2 is 2.08 bits per heavy atom. The van der Waals surface area contributed by atoms with E-state index in [2.05, 4.69) is 56.0 Å². The van der Waals surface area contributed by atoms with E-state index in [1.54, 1.807) is 0 Å². The van der Waals surface area contributed by atoms with Crippen molar-refractivity contribution in [2.75, 3.05) is 13.2 Å². The normalized spacial score (nSPS) is 14.3. The first-order valence-corrected chi connectivity index (χ1v) is 9.02. The van der Waals surface area contributed by atoms with Crippen LogP contribution in [0.1, 0.15) is 43.3 Å². The van der Waals surface area contributed by atoms with Gasteiger partial charge in [0.1, 0.15) is 5.75 Å². The Morgan fingerprint density at radius 1 is 1.27 bits per heavy atom. The molecule has 136 valence electrons. The molecule has 4 heteroatoms. The smallest absolute Gasteiger partial charge is 0.123 e. The highest BCUT2D eigenvalue weighted by atomic mass is 16.5. The van der Waals surface area contributed by atoms with Gasteiger partial charge in [-0.1, -0.05) is 39.0 Å². The SMILES string of the molecule is C=N/C(=C(\NCC(C)(C)C)c1cccc(C)n1)c1ccc2c(c1)OCC2. The molecule has 1 N–H and O–H groups in total. The Balaban J connectivity index is 2.10. The molecular weight excluding hydrogens is 322 g/mol. The van der Waals surface area contributed by atoms with Crippen molar-refractivity contribution in [3.8, 4) is 5.75 Å². The number of rotatable bonds is 5. The highest BCUT2D eigenvalue weighted by Crippen LogP contribution is 2.32. The van der Waals surface area contributed by atoms with E-state index in [1.807, 2.05) is 25.1 Å². The number of benzene rings is 1. The lowest BCUT2D eigenvalue weighted by Gasteiger charge is -2.22. The van der Waals surface area contributed by atoms with Crippen molar-refractivity contribution in [2.24, 2.45) is 10.4 Å². The minimum atomic E-state index is 0.127. The van der Waals surface area contributed by atoms with Gasteiger partial charge in [-0.15, -0.1) is 0 Å². The average Bonchev–Trinajstić information content (AvgIpc) is 3.05. The molecule has 0 atom stereocenters. The molecule has 2 aromatic rings. The number of nitrogens with one attached hydrogen (secondary N) is 1. The number of ether oxygens (including phenoxy) is 1. The van der Waals surface area contributed by atoms with Gasteiger partial charge >= 0.3 is 0 Å². The van der Waals surface area contributed by atoms with Crippen molar-refractivity contribution in [2.45, 2.75) is 34.1 Å². The van der Waals surface area contributed by atoms with E-state index in [9.17, 15) is 0 Å². The third-order valence-corrected chi connectivity index (χ3v) is 4.30. The van der Waals surface area contributed by atoms with E-state index in [0.717, 1.165) is 53.7 Å². The van der Waals surface area contributed by atoms with Crippen LogP contribution in [-0.2, 0) is 6.42 Å². The summed E-state index contributed by atoms with van der Waals surface area (Å²) < 4.78 is 5.73. The van der Waals surface area contributed by atoms with Crippen LogP contribution in [0.25, 0.3) is 11.4 Å². The summed E-state index contributed by atoms with van der Waals surface area (Å²) in [5.41, 5.74) is 5.90. The van der Waals surface area contributed by atoms with E-state index < -0.39 is 0 Å². The van der Waals surface area contributed by atoms with Crippen molar-refractivity contribution in [1.82, 2.24) is 10.3 Å². The average molecular weight is 349 g/mol. The number of fused-ring (bicyclic) bond motifs is 1. The summed E-state index contributed by atoms with van der Waals surface area (Å²) >= 11 is 0. The van der Waals surface area contributed by atoms with Gasteiger partial charge in [-0.2, -0.15) is 0 Å². The lowest BCUT2D eigenvalue weighted by atomic mass is 9.96. The zero-order valence-corrected chi connectivity index (χ0v) is 16.1. The highest BCUT2D eigenvalue weighted by molar-refractivity contribution is 5.90. The molecule has 0 fully saturated rings. The number of aryl methyl sites for hydroxylation is 1. The van der Waals surface area contributed by atoms with Gasteiger partial charge in [0.2, 0.25) is 0 Å². The van der Waals surface area contributed by atoms with Gasteiger partial charge in [-0.3, -0.25) is 9.98 Å². The van der Waals surface area contributed by atoms with Crippen LogP contribution in [0, 0.1) is 12.3 Å². The van der Waals surface area contributed by atoms with E-state index in [0.29, 0.717) is 0 Å². The number of hydrogen-bond donors (Lipinski definition) is 1. The maximum Gasteiger partial charge on any atom is 0.123 e. The number of nitrogens with zero attached hydrogens (tertiary/aromatic N) is 2. The maximum atomic E-state index is 5.73. The second-order valence-electron chi connectivity index (χ2n) is 7.88. The van der Waals surface area contributed by atoms with Crippen LogP contribution >= 0.6 is 0 Å². The molecule has 3 rings (SSSR count). The zero-order chi connectivity index (χ0) is 18.7. The van der Waals surface area contributed by atoms with Crippen LogP contribution in [0.15, 0.2) is 41.4 Å². The molecule has 1 aliphatic heterocycles. The first-order chi connectivity index (χ1) is 12.4. The van der Waals surface area contributed by atoms with E-state index in [1.165, 1.54) is 5.56 Å². The molecule has 4 nitrogen and oxygen atoms in total. The summed E-state index contributed by atoms with van der Waals surface area (Å²) in [7, 11) is 0. The Hall–Kier alpha value is -2.62. The van der Waals surface area contributed by atoms with E-state index >= 15 is 0 Å². The van der Waals surface area contributed by atoms with Crippen LogP contribution in [0.2, 0.25) is 0 Å². The molecule has 26 heavy (non-hydrogen) atoms. The molecule has 0 spiro atoms. The van der Waals surface area contributed by atoms with Crippen molar-refractivity contribution in [1.29, 1.82) is 0 Å². The van der Waals surface area contributed by atoms with Crippen LogP contribution < -0.4 is 10.1 Å². The van der Waals surface area contributed by atoms with E-state index in [4.69, 9.17) is 9.72 Å². The first kappa shape index (κ1) is 18.2. The quantitative estimate of drug-likeness (QED) is 0.809. The molecule has 0 unspecified atom stereocenters. The van der Waals surface area contributed by atoms with Gasteiger partial charge in [0.25, 0.3) is 0 Å². The van der Waals surface area contributed by atoms with Gasteiger partial charge in [-0.25, -0.2) is 0 Å². The predicted octanol–water partition coefficient (Wildman–Crippen LogP) is 4.49. The molecule has 0 bridgehead atoms. The molecule has 2 heterocycles. The molecule has 0 amide bonds. The Morgan fingerprint density at radius 3 is 2.77 bits per heavy atom. The summed E-state index contributed by atoms with van der Waals surface area (Å²) in [6.07, 6.45) is 0.963. The first-order valence-electron chi connectivity index (χ1n) is 9.02. The van der Waals surface area contributed by atoms with Crippen LogP contribution in [0.4, 0.5) is 0 Å². The van der Waals surface area contributed by atoms with Crippen molar-refractivity contribution in [3.63, 3.8) is 0 Å². The van der Waals surface area contributed by atoms with Gasteiger partial charge in [0, 0.05) is 24.2 Å². The van der Waals surface area contributed by atoms with Crippen LogP contribution in [0.5, 0.6) is 5.75 Å². The van der Waals surface area contributed by atoms with Gasteiger partial charge in [0.15, 0.2) is 0 Å². The molecule has 0 saturated carbocycles. The fourth-order valence-corrected chi connectivity index (χ4v) is 2.96. The predicted molar refractivity (Wildman–Crippen MR) is 108 cm³/mol. The minimum absolute atomic E-state index is 0.127. The second kappa shape index (κ2) is 7.32.